The molecule has 1 fully saturated rings. The first-order chi connectivity index (χ1) is 13.2. The molecule has 1 N–H and O–H groups in total. The Morgan fingerprint density at radius 2 is 1.96 bits per heavy atom. The number of methoxy groups -OCH3 is 2. The van der Waals surface area contributed by atoms with Gasteiger partial charge in [-0.2, -0.15) is 18.3 Å². The number of nitrogens with zero attached hydrogens (tertiary/aromatic N) is 2. The molecule has 0 radical (unpaired) electrons. The van der Waals surface area contributed by atoms with Crippen LogP contribution in [0.4, 0.5) is 18.9 Å². The molecular formula is C17H16BrClF3N3O3. The van der Waals surface area contributed by atoms with E-state index in [0.717, 1.165) is 17.5 Å². The van der Waals surface area contributed by atoms with Gasteiger partial charge in [0.1, 0.15) is 18.0 Å². The van der Waals surface area contributed by atoms with Crippen molar-refractivity contribution in [3.05, 3.63) is 33.0 Å². The Kier molecular flexibility index (Phi) is 5.81. The summed E-state index contributed by atoms with van der Waals surface area (Å²) in [6, 6.07) is 2.94. The van der Waals surface area contributed by atoms with Crippen LogP contribution in [0.25, 0.3) is 0 Å². The highest BCUT2D eigenvalue weighted by Gasteiger charge is 2.42. The van der Waals surface area contributed by atoms with Crippen molar-refractivity contribution in [2.24, 2.45) is 0 Å². The number of anilines is 1. The lowest BCUT2D eigenvalue weighted by Gasteiger charge is -2.14. The highest BCUT2D eigenvalue weighted by atomic mass is 79.9. The van der Waals surface area contributed by atoms with Gasteiger partial charge in [-0.1, -0.05) is 11.6 Å². The molecule has 0 aliphatic heterocycles. The van der Waals surface area contributed by atoms with Gasteiger partial charge in [-0.3, -0.25) is 9.48 Å². The van der Waals surface area contributed by atoms with E-state index in [1.165, 1.54) is 26.4 Å². The molecule has 152 valence electrons. The maximum Gasteiger partial charge on any atom is 0.436 e. The molecule has 1 saturated carbocycles. The summed E-state index contributed by atoms with van der Waals surface area (Å²) in [7, 11) is 2.82. The smallest absolute Gasteiger partial charge is 0.436 e. The van der Waals surface area contributed by atoms with E-state index in [-0.39, 0.29) is 22.6 Å². The highest BCUT2D eigenvalue weighted by molar-refractivity contribution is 9.10. The van der Waals surface area contributed by atoms with Gasteiger partial charge in [0.05, 0.1) is 35.1 Å². The van der Waals surface area contributed by atoms with Crippen LogP contribution in [-0.4, -0.2) is 29.9 Å². The number of benzene rings is 1. The van der Waals surface area contributed by atoms with Crippen LogP contribution in [-0.2, 0) is 17.5 Å². The maximum atomic E-state index is 13.2. The average molecular weight is 483 g/mol. The summed E-state index contributed by atoms with van der Waals surface area (Å²) in [6.45, 7) is -0.380. The number of nitrogens with one attached hydrogen (secondary N) is 1. The number of hydrogen-bond donors (Lipinski definition) is 1. The Labute approximate surface area is 172 Å². The summed E-state index contributed by atoms with van der Waals surface area (Å²) in [5.74, 6) is 0.000979. The summed E-state index contributed by atoms with van der Waals surface area (Å²) >= 11 is 9.03. The van der Waals surface area contributed by atoms with Gasteiger partial charge >= 0.3 is 6.18 Å². The Morgan fingerprint density at radius 3 is 2.50 bits per heavy atom. The van der Waals surface area contributed by atoms with E-state index in [9.17, 15) is 18.0 Å². The molecule has 1 aliphatic carbocycles. The van der Waals surface area contributed by atoms with Crippen molar-refractivity contribution in [3.8, 4) is 11.5 Å². The minimum atomic E-state index is -4.61. The van der Waals surface area contributed by atoms with Crippen molar-refractivity contribution in [1.29, 1.82) is 0 Å². The van der Waals surface area contributed by atoms with Gasteiger partial charge in [-0.15, -0.1) is 0 Å². The second-order valence-electron chi connectivity index (χ2n) is 6.21. The summed E-state index contributed by atoms with van der Waals surface area (Å²) in [5.41, 5.74) is -0.375. The average Bonchev–Trinajstić information content (AvgIpc) is 3.39. The lowest BCUT2D eigenvalue weighted by atomic mass is 10.2. The van der Waals surface area contributed by atoms with Gasteiger partial charge in [0.15, 0.2) is 5.69 Å². The number of carbonyl (C=O) groups excluding carboxylic acids is 1. The lowest BCUT2D eigenvalue weighted by Crippen LogP contribution is -2.21. The van der Waals surface area contributed by atoms with E-state index in [0.29, 0.717) is 22.2 Å². The molecule has 1 aromatic carbocycles. The van der Waals surface area contributed by atoms with Gasteiger partial charge in [0.2, 0.25) is 5.91 Å². The number of carbonyl (C=O) groups is 1. The lowest BCUT2D eigenvalue weighted by molar-refractivity contribution is -0.142. The molecule has 1 aliphatic rings. The molecule has 1 heterocycles. The largest absolute Gasteiger partial charge is 0.495 e. The number of halogens is 5. The third-order valence-electron chi connectivity index (χ3n) is 4.21. The molecule has 6 nitrogen and oxygen atoms in total. The van der Waals surface area contributed by atoms with E-state index < -0.39 is 17.8 Å². The van der Waals surface area contributed by atoms with Crippen molar-refractivity contribution in [3.63, 3.8) is 0 Å². The highest BCUT2D eigenvalue weighted by Crippen LogP contribution is 2.47. The van der Waals surface area contributed by atoms with Crippen LogP contribution in [0.15, 0.2) is 16.6 Å². The molecule has 0 unspecified atom stereocenters. The quantitative estimate of drug-likeness (QED) is 0.639. The van der Waals surface area contributed by atoms with Crippen LogP contribution in [0.2, 0.25) is 5.02 Å². The minimum Gasteiger partial charge on any atom is -0.495 e. The van der Waals surface area contributed by atoms with E-state index >= 15 is 0 Å². The van der Waals surface area contributed by atoms with Crippen molar-refractivity contribution >= 4 is 39.1 Å². The zero-order chi connectivity index (χ0) is 20.6. The Bertz CT molecular complexity index is 913. The summed E-state index contributed by atoms with van der Waals surface area (Å²) < 4.78 is 50.8. The molecule has 3 rings (SSSR count). The molecule has 11 heteroatoms. The first kappa shape index (κ1) is 20.8. The Balaban J connectivity index is 1.86. The zero-order valence-electron chi connectivity index (χ0n) is 14.9. The fourth-order valence-corrected chi connectivity index (χ4v) is 3.85. The third-order valence-corrected chi connectivity index (χ3v) is 5.28. The van der Waals surface area contributed by atoms with Crippen molar-refractivity contribution in [2.75, 3.05) is 19.5 Å². The van der Waals surface area contributed by atoms with E-state index in [1.54, 1.807) is 0 Å². The summed E-state index contributed by atoms with van der Waals surface area (Å²) in [5, 5.41) is 6.52. The molecule has 0 atom stereocenters. The number of aromatic nitrogens is 2. The summed E-state index contributed by atoms with van der Waals surface area (Å²) in [4.78, 5) is 12.5. The molecular weight excluding hydrogens is 467 g/mol. The molecule has 28 heavy (non-hydrogen) atoms. The molecule has 0 saturated heterocycles. The predicted octanol–water partition coefficient (Wildman–Crippen LogP) is 4.85. The molecule has 0 bridgehead atoms. The van der Waals surface area contributed by atoms with Gasteiger partial charge in [-0.05, 0) is 28.8 Å². The summed E-state index contributed by atoms with van der Waals surface area (Å²) in [6.07, 6.45) is -3.10. The van der Waals surface area contributed by atoms with E-state index in [4.69, 9.17) is 21.1 Å². The van der Waals surface area contributed by atoms with Crippen LogP contribution < -0.4 is 14.8 Å². The van der Waals surface area contributed by atoms with Crippen molar-refractivity contribution in [1.82, 2.24) is 9.78 Å². The van der Waals surface area contributed by atoms with Crippen LogP contribution in [0, 0.1) is 0 Å². The van der Waals surface area contributed by atoms with Gasteiger partial charge in [-0.25, -0.2) is 0 Å². The van der Waals surface area contributed by atoms with E-state index in [1.807, 2.05) is 0 Å². The zero-order valence-corrected chi connectivity index (χ0v) is 17.2. The van der Waals surface area contributed by atoms with Crippen LogP contribution in [0.3, 0.4) is 0 Å². The van der Waals surface area contributed by atoms with Crippen molar-refractivity contribution < 1.29 is 27.4 Å². The number of rotatable bonds is 6. The third kappa shape index (κ3) is 4.22. The fraction of sp³-hybridized carbons (Fsp3) is 0.412. The van der Waals surface area contributed by atoms with Crippen LogP contribution in [0.1, 0.15) is 30.1 Å². The Morgan fingerprint density at radius 1 is 1.32 bits per heavy atom. The molecule has 0 spiro atoms. The number of ether oxygens (including phenoxy) is 2. The second-order valence-corrected chi connectivity index (χ2v) is 7.41. The molecule has 1 aromatic heterocycles. The van der Waals surface area contributed by atoms with Gasteiger partial charge in [0, 0.05) is 18.1 Å². The topological polar surface area (TPSA) is 65.4 Å². The SMILES string of the molecule is COc1cc(NC(=O)Cn2nc(C(F)(F)F)c(Br)c2C2CC2)c(OC)cc1Cl. The fourth-order valence-electron chi connectivity index (χ4n) is 2.79. The van der Waals surface area contributed by atoms with Crippen LogP contribution in [0.5, 0.6) is 11.5 Å². The first-order valence-electron chi connectivity index (χ1n) is 8.20. The molecule has 1 amide bonds. The minimum absolute atomic E-state index is 0.0454. The predicted molar refractivity (Wildman–Crippen MR) is 100 cm³/mol. The molecule has 2 aromatic rings. The second kappa shape index (κ2) is 7.82. The number of alkyl halides is 3. The van der Waals surface area contributed by atoms with E-state index in [2.05, 4.69) is 26.3 Å². The van der Waals surface area contributed by atoms with Gasteiger partial charge in [0.25, 0.3) is 0 Å². The van der Waals surface area contributed by atoms with Crippen molar-refractivity contribution in [2.45, 2.75) is 31.5 Å². The monoisotopic (exact) mass is 481 g/mol. The van der Waals surface area contributed by atoms with Gasteiger partial charge < -0.3 is 14.8 Å². The number of amides is 1. The Hall–Kier alpha value is -1.94. The first-order valence-corrected chi connectivity index (χ1v) is 9.37. The normalized spacial score (nSPS) is 14.1. The maximum absolute atomic E-state index is 13.2. The van der Waals surface area contributed by atoms with Crippen LogP contribution >= 0.6 is 27.5 Å². The standard InChI is InChI=1S/C17H16BrClF3N3O3/c1-27-11-6-10(12(28-2)5-9(11)19)23-13(26)7-25-15(8-3-4-8)14(18)16(24-25)17(20,21)22/h5-6,8H,3-4,7H2,1-2H3,(H,23,26). The number of hydrogen-bond acceptors (Lipinski definition) is 4.